The molecular weight excluding hydrogens is 188 g/mol. The van der Waals surface area contributed by atoms with Crippen LogP contribution >= 0.6 is 11.3 Å². The summed E-state index contributed by atoms with van der Waals surface area (Å²) in [5.41, 5.74) is 7.16. The van der Waals surface area contributed by atoms with Gasteiger partial charge in [0.1, 0.15) is 5.51 Å². The molecule has 1 aliphatic carbocycles. The van der Waals surface area contributed by atoms with Crippen molar-refractivity contribution in [1.29, 1.82) is 0 Å². The second kappa shape index (κ2) is 3.39. The number of amides is 1. The molecule has 13 heavy (non-hydrogen) atoms. The molecule has 1 aliphatic rings. The molecule has 2 rings (SSSR count). The van der Waals surface area contributed by atoms with E-state index in [0.29, 0.717) is 5.13 Å². The third-order valence-corrected chi connectivity index (χ3v) is 2.74. The lowest BCUT2D eigenvalue weighted by Crippen LogP contribution is -2.42. The number of rotatable bonds is 2. The van der Waals surface area contributed by atoms with E-state index in [0.717, 1.165) is 12.8 Å². The second-order valence-electron chi connectivity index (χ2n) is 3.16. The second-order valence-corrected chi connectivity index (χ2v) is 3.99. The van der Waals surface area contributed by atoms with E-state index >= 15 is 0 Å². The van der Waals surface area contributed by atoms with Gasteiger partial charge in [0.25, 0.3) is 0 Å². The molecule has 0 radical (unpaired) electrons. The lowest BCUT2D eigenvalue weighted by Gasteiger charge is -2.30. The van der Waals surface area contributed by atoms with Crippen molar-refractivity contribution in [3.8, 4) is 0 Å². The minimum Gasteiger partial charge on any atom is -0.328 e. The van der Waals surface area contributed by atoms with Gasteiger partial charge in [-0.3, -0.25) is 4.79 Å². The maximum Gasteiger partial charge on any atom is 0.229 e. The van der Waals surface area contributed by atoms with Crippen LogP contribution in [-0.4, -0.2) is 22.1 Å². The maximum atomic E-state index is 11.4. The van der Waals surface area contributed by atoms with Crippen molar-refractivity contribution in [3.05, 3.63) is 5.51 Å². The molecule has 1 saturated carbocycles. The van der Waals surface area contributed by atoms with E-state index in [1.54, 1.807) is 5.51 Å². The molecule has 0 bridgehead atoms. The van der Waals surface area contributed by atoms with Crippen molar-refractivity contribution < 1.29 is 4.79 Å². The molecular formula is C7H10N4OS. The highest BCUT2D eigenvalue weighted by Crippen LogP contribution is 2.26. The van der Waals surface area contributed by atoms with Crippen LogP contribution in [0.4, 0.5) is 5.13 Å². The molecule has 0 saturated heterocycles. The Labute approximate surface area is 79.3 Å². The number of hydrogen-bond acceptors (Lipinski definition) is 5. The largest absolute Gasteiger partial charge is 0.328 e. The Morgan fingerprint density at radius 2 is 2.46 bits per heavy atom. The number of hydrogen-bond donors (Lipinski definition) is 2. The fourth-order valence-electron chi connectivity index (χ4n) is 1.31. The van der Waals surface area contributed by atoms with E-state index < -0.39 is 0 Å². The minimum absolute atomic E-state index is 0.0125. The van der Waals surface area contributed by atoms with Crippen molar-refractivity contribution in [1.82, 2.24) is 10.2 Å². The minimum atomic E-state index is 0.0125. The summed E-state index contributed by atoms with van der Waals surface area (Å²) >= 11 is 1.32. The first-order chi connectivity index (χ1) is 6.25. The first kappa shape index (κ1) is 8.58. The smallest absolute Gasteiger partial charge is 0.229 e. The fourth-order valence-corrected chi connectivity index (χ4v) is 1.76. The number of nitrogens with zero attached hydrogens (tertiary/aromatic N) is 2. The molecule has 0 spiro atoms. The summed E-state index contributed by atoms with van der Waals surface area (Å²) in [6, 6.07) is 0.199. The van der Waals surface area contributed by atoms with Crippen LogP contribution in [0.1, 0.15) is 12.8 Å². The van der Waals surface area contributed by atoms with Crippen LogP contribution in [0, 0.1) is 5.92 Å². The zero-order valence-corrected chi connectivity index (χ0v) is 7.75. The van der Waals surface area contributed by atoms with Gasteiger partial charge in [-0.25, -0.2) is 0 Å². The third kappa shape index (κ3) is 1.84. The summed E-state index contributed by atoms with van der Waals surface area (Å²) in [5.74, 6) is 0.0809. The molecule has 0 atom stereocenters. The van der Waals surface area contributed by atoms with Crippen LogP contribution in [0.5, 0.6) is 0 Å². The van der Waals surface area contributed by atoms with E-state index in [4.69, 9.17) is 5.73 Å². The van der Waals surface area contributed by atoms with Gasteiger partial charge in [0, 0.05) is 12.0 Å². The summed E-state index contributed by atoms with van der Waals surface area (Å²) in [7, 11) is 0. The van der Waals surface area contributed by atoms with E-state index in [-0.39, 0.29) is 17.9 Å². The SMILES string of the molecule is NC1CC(C(=O)Nc2nncs2)C1. The molecule has 1 heterocycles. The first-order valence-corrected chi connectivity index (χ1v) is 4.96. The molecule has 70 valence electrons. The summed E-state index contributed by atoms with van der Waals surface area (Å²) in [4.78, 5) is 11.4. The van der Waals surface area contributed by atoms with Gasteiger partial charge in [-0.1, -0.05) is 11.3 Å². The molecule has 5 nitrogen and oxygen atoms in total. The van der Waals surface area contributed by atoms with Gasteiger partial charge in [0.05, 0.1) is 0 Å². The van der Waals surface area contributed by atoms with E-state index in [1.807, 2.05) is 0 Å². The van der Waals surface area contributed by atoms with Gasteiger partial charge < -0.3 is 11.1 Å². The van der Waals surface area contributed by atoms with Crippen molar-refractivity contribution in [2.24, 2.45) is 11.7 Å². The lowest BCUT2D eigenvalue weighted by molar-refractivity contribution is -0.122. The lowest BCUT2D eigenvalue weighted by atomic mass is 9.80. The summed E-state index contributed by atoms with van der Waals surface area (Å²) in [6.07, 6.45) is 1.56. The standard InChI is InChI=1S/C7H10N4OS/c8-5-1-4(2-5)6(12)10-7-11-9-3-13-7/h3-5H,1-2,8H2,(H,10,11,12). The van der Waals surface area contributed by atoms with Gasteiger partial charge in [0.15, 0.2) is 0 Å². The molecule has 1 aromatic heterocycles. The van der Waals surface area contributed by atoms with E-state index in [9.17, 15) is 4.79 Å². The van der Waals surface area contributed by atoms with Crippen LogP contribution in [0.25, 0.3) is 0 Å². The van der Waals surface area contributed by atoms with Crippen molar-refractivity contribution in [3.63, 3.8) is 0 Å². The van der Waals surface area contributed by atoms with Gasteiger partial charge in [0.2, 0.25) is 11.0 Å². The Kier molecular flexibility index (Phi) is 2.24. The molecule has 0 aliphatic heterocycles. The van der Waals surface area contributed by atoms with Crippen LogP contribution in [0.3, 0.4) is 0 Å². The molecule has 3 N–H and O–H groups in total. The average molecular weight is 198 g/mol. The zero-order valence-electron chi connectivity index (χ0n) is 6.93. The Morgan fingerprint density at radius 1 is 1.69 bits per heavy atom. The molecule has 6 heteroatoms. The van der Waals surface area contributed by atoms with Crippen molar-refractivity contribution >= 4 is 22.4 Å². The van der Waals surface area contributed by atoms with E-state index in [2.05, 4.69) is 15.5 Å². The fraction of sp³-hybridized carbons (Fsp3) is 0.571. The highest BCUT2D eigenvalue weighted by molar-refractivity contribution is 7.13. The highest BCUT2D eigenvalue weighted by atomic mass is 32.1. The Bertz CT molecular complexity index is 293. The van der Waals surface area contributed by atoms with Gasteiger partial charge in [-0.15, -0.1) is 10.2 Å². The predicted octanol–water partition coefficient (Wildman–Crippen LogP) is 0.214. The number of carbonyl (C=O) groups excluding carboxylic acids is 1. The van der Waals surface area contributed by atoms with Gasteiger partial charge in [-0.05, 0) is 12.8 Å². The molecule has 0 aromatic carbocycles. The van der Waals surface area contributed by atoms with Gasteiger partial charge >= 0.3 is 0 Å². The molecule has 1 aromatic rings. The number of aromatic nitrogens is 2. The Hall–Kier alpha value is -1.01. The summed E-state index contributed by atoms with van der Waals surface area (Å²) in [6.45, 7) is 0. The predicted molar refractivity (Wildman–Crippen MR) is 49.2 cm³/mol. The average Bonchev–Trinajstić information content (AvgIpc) is 2.51. The van der Waals surface area contributed by atoms with E-state index in [1.165, 1.54) is 11.3 Å². The summed E-state index contributed by atoms with van der Waals surface area (Å²) < 4.78 is 0. The zero-order chi connectivity index (χ0) is 9.26. The van der Waals surface area contributed by atoms with Crippen LogP contribution in [-0.2, 0) is 4.79 Å². The maximum absolute atomic E-state index is 11.4. The Balaban J connectivity index is 1.86. The van der Waals surface area contributed by atoms with Crippen LogP contribution in [0.15, 0.2) is 5.51 Å². The monoisotopic (exact) mass is 198 g/mol. The molecule has 0 unspecified atom stereocenters. The normalized spacial score (nSPS) is 26.5. The quantitative estimate of drug-likeness (QED) is 0.712. The molecule has 1 fully saturated rings. The van der Waals surface area contributed by atoms with Crippen molar-refractivity contribution in [2.45, 2.75) is 18.9 Å². The first-order valence-electron chi connectivity index (χ1n) is 4.08. The number of nitrogens with two attached hydrogens (primary N) is 1. The topological polar surface area (TPSA) is 80.9 Å². The number of nitrogens with one attached hydrogen (secondary N) is 1. The Morgan fingerprint density at radius 3 is 3.00 bits per heavy atom. The highest BCUT2D eigenvalue weighted by Gasteiger charge is 2.32. The number of carbonyl (C=O) groups is 1. The van der Waals surface area contributed by atoms with Crippen LogP contribution in [0.2, 0.25) is 0 Å². The molecule has 1 amide bonds. The van der Waals surface area contributed by atoms with Crippen molar-refractivity contribution in [2.75, 3.05) is 5.32 Å². The van der Waals surface area contributed by atoms with Gasteiger partial charge in [-0.2, -0.15) is 0 Å². The third-order valence-electron chi connectivity index (χ3n) is 2.14. The van der Waals surface area contributed by atoms with Crippen LogP contribution < -0.4 is 11.1 Å². The summed E-state index contributed by atoms with van der Waals surface area (Å²) in [5, 5.41) is 10.6. The number of anilines is 1.